The number of piperidine rings is 1. The number of rotatable bonds is 4. The largest absolute Gasteiger partial charge is 0.363 e. The van der Waals surface area contributed by atoms with Crippen LogP contribution in [0.25, 0.3) is 0 Å². The predicted octanol–water partition coefficient (Wildman–Crippen LogP) is 1.32. The summed E-state index contributed by atoms with van der Waals surface area (Å²) in [4.78, 5) is 22.5. The molecule has 0 saturated carbocycles. The Balaban J connectivity index is 1.66. The molecule has 2 aromatic heterocycles. The van der Waals surface area contributed by atoms with Crippen LogP contribution in [0.5, 0.6) is 0 Å². The first-order valence-electron chi connectivity index (χ1n) is 6.65. The zero-order valence-corrected chi connectivity index (χ0v) is 12.8. The quantitative estimate of drug-likeness (QED) is 0.915. The highest BCUT2D eigenvalue weighted by atomic mass is 35.5. The van der Waals surface area contributed by atoms with Crippen molar-refractivity contribution in [3.8, 4) is 0 Å². The number of hydrogen-bond acceptors (Lipinski definition) is 6. The minimum atomic E-state index is -0.597. The van der Waals surface area contributed by atoms with E-state index in [9.17, 15) is 4.79 Å². The fraction of sp³-hybridized carbons (Fsp3) is 0.500. The summed E-state index contributed by atoms with van der Waals surface area (Å²) in [6.07, 6.45) is 5.49. The van der Waals surface area contributed by atoms with E-state index in [0.717, 1.165) is 37.4 Å². The first-order chi connectivity index (χ1) is 10.1. The molecule has 9 heteroatoms. The van der Waals surface area contributed by atoms with Gasteiger partial charge in [0.05, 0.1) is 6.04 Å². The number of thiazole rings is 1. The molecule has 0 unspecified atom stereocenters. The van der Waals surface area contributed by atoms with Gasteiger partial charge in [-0.15, -0.1) is 16.4 Å². The van der Waals surface area contributed by atoms with Crippen LogP contribution in [0, 0.1) is 0 Å². The van der Waals surface area contributed by atoms with Crippen molar-refractivity contribution in [2.45, 2.75) is 25.4 Å². The van der Waals surface area contributed by atoms with E-state index < -0.39 is 5.91 Å². The molecule has 3 rings (SSSR count). The van der Waals surface area contributed by atoms with Crippen molar-refractivity contribution in [1.29, 1.82) is 0 Å². The molecule has 1 atom stereocenters. The lowest BCUT2D eigenvalue weighted by Gasteiger charge is -2.32. The van der Waals surface area contributed by atoms with Crippen LogP contribution in [-0.4, -0.2) is 43.6 Å². The molecule has 0 bridgehead atoms. The number of nitrogens with zero attached hydrogens (tertiary/aromatic N) is 5. The highest BCUT2D eigenvalue weighted by Crippen LogP contribution is 2.24. The van der Waals surface area contributed by atoms with Gasteiger partial charge in [-0.3, -0.25) is 9.69 Å². The number of likely N-dealkylation sites (tertiary alicyclic amines) is 1. The van der Waals surface area contributed by atoms with Gasteiger partial charge < -0.3 is 5.73 Å². The smallest absolute Gasteiger partial charge is 0.288 e. The number of primary amides is 1. The summed E-state index contributed by atoms with van der Waals surface area (Å²) in [6, 6.07) is 0.211. The van der Waals surface area contributed by atoms with Crippen molar-refractivity contribution < 1.29 is 4.79 Å². The van der Waals surface area contributed by atoms with Crippen molar-refractivity contribution in [3.05, 3.63) is 27.7 Å². The lowest BCUT2D eigenvalue weighted by Crippen LogP contribution is -2.36. The highest BCUT2D eigenvalue weighted by Gasteiger charge is 2.23. The van der Waals surface area contributed by atoms with Crippen LogP contribution >= 0.6 is 22.9 Å². The molecular weight excluding hydrogens is 312 g/mol. The van der Waals surface area contributed by atoms with Crippen molar-refractivity contribution in [2.75, 3.05) is 13.1 Å². The average Bonchev–Trinajstić information content (AvgIpc) is 3.08. The summed E-state index contributed by atoms with van der Waals surface area (Å²) in [5.41, 5.74) is 5.18. The van der Waals surface area contributed by atoms with Crippen LogP contribution in [0.1, 0.15) is 34.4 Å². The van der Waals surface area contributed by atoms with E-state index in [1.54, 1.807) is 11.0 Å². The number of amides is 1. The van der Waals surface area contributed by atoms with Gasteiger partial charge in [-0.1, -0.05) is 11.6 Å². The monoisotopic (exact) mass is 326 g/mol. The Kier molecular flexibility index (Phi) is 4.18. The molecule has 112 valence electrons. The Morgan fingerprint density at radius 1 is 1.52 bits per heavy atom. The zero-order chi connectivity index (χ0) is 14.8. The molecule has 0 spiro atoms. The molecule has 1 fully saturated rings. The topological polar surface area (TPSA) is 89.9 Å². The third-order valence-electron chi connectivity index (χ3n) is 3.49. The maximum atomic E-state index is 11.1. The second-order valence-corrected chi connectivity index (χ2v) is 6.72. The first-order valence-corrected chi connectivity index (χ1v) is 7.85. The maximum absolute atomic E-state index is 11.1. The molecule has 0 radical (unpaired) electrons. The van der Waals surface area contributed by atoms with Gasteiger partial charge in [0.25, 0.3) is 5.91 Å². The van der Waals surface area contributed by atoms with E-state index >= 15 is 0 Å². The molecular formula is C12H15ClN6OS. The summed E-state index contributed by atoms with van der Waals surface area (Å²) in [5.74, 6) is -0.526. The van der Waals surface area contributed by atoms with Gasteiger partial charge >= 0.3 is 0 Å². The third-order valence-corrected chi connectivity index (χ3v) is 4.59. The first kappa shape index (κ1) is 14.4. The average molecular weight is 327 g/mol. The number of nitrogens with two attached hydrogens (primary N) is 1. The molecule has 1 aliphatic heterocycles. The second-order valence-electron chi connectivity index (χ2n) is 5.02. The second kappa shape index (κ2) is 6.08. The lowest BCUT2D eigenvalue weighted by molar-refractivity contribution is 0.0989. The van der Waals surface area contributed by atoms with E-state index in [4.69, 9.17) is 17.3 Å². The minimum absolute atomic E-state index is 0.0707. The molecule has 2 N–H and O–H groups in total. The fourth-order valence-electron chi connectivity index (χ4n) is 2.53. The van der Waals surface area contributed by atoms with Crippen LogP contribution in [0.4, 0.5) is 0 Å². The molecule has 7 nitrogen and oxygen atoms in total. The summed E-state index contributed by atoms with van der Waals surface area (Å²) in [5, 5.41) is 4.15. The SMILES string of the molecule is NC(=O)c1ncn([C@H]2CCCN(Cc3cnc(Cl)s3)C2)n1. The highest BCUT2D eigenvalue weighted by molar-refractivity contribution is 7.15. The van der Waals surface area contributed by atoms with Gasteiger partial charge in [0.1, 0.15) is 6.33 Å². The number of carbonyl (C=O) groups is 1. The fourth-order valence-corrected chi connectivity index (χ4v) is 3.55. The van der Waals surface area contributed by atoms with Crippen LogP contribution in [0.3, 0.4) is 0 Å². The summed E-state index contributed by atoms with van der Waals surface area (Å²) >= 11 is 7.36. The van der Waals surface area contributed by atoms with E-state index in [1.165, 1.54) is 11.3 Å². The molecule has 0 aromatic carbocycles. The Morgan fingerprint density at radius 3 is 3.05 bits per heavy atom. The van der Waals surface area contributed by atoms with Crippen molar-refractivity contribution in [2.24, 2.45) is 5.73 Å². The van der Waals surface area contributed by atoms with Gasteiger partial charge in [-0.2, -0.15) is 0 Å². The number of halogens is 1. The Bertz CT molecular complexity index is 641. The molecule has 21 heavy (non-hydrogen) atoms. The van der Waals surface area contributed by atoms with Crippen LogP contribution in [-0.2, 0) is 6.54 Å². The molecule has 1 amide bonds. The Hall–Kier alpha value is -1.51. The number of hydrogen-bond donors (Lipinski definition) is 1. The van der Waals surface area contributed by atoms with Gasteiger partial charge in [0.15, 0.2) is 4.47 Å². The van der Waals surface area contributed by atoms with Gasteiger partial charge in [-0.05, 0) is 19.4 Å². The van der Waals surface area contributed by atoms with Crippen molar-refractivity contribution in [1.82, 2.24) is 24.6 Å². The van der Waals surface area contributed by atoms with E-state index in [0.29, 0.717) is 4.47 Å². The predicted molar refractivity (Wildman–Crippen MR) is 79.2 cm³/mol. The summed E-state index contributed by atoms with van der Waals surface area (Å²) < 4.78 is 2.31. The molecule has 0 aliphatic carbocycles. The van der Waals surface area contributed by atoms with E-state index in [-0.39, 0.29) is 11.9 Å². The Morgan fingerprint density at radius 2 is 2.38 bits per heavy atom. The van der Waals surface area contributed by atoms with Crippen molar-refractivity contribution in [3.63, 3.8) is 0 Å². The summed E-state index contributed by atoms with van der Waals surface area (Å²) in [7, 11) is 0. The minimum Gasteiger partial charge on any atom is -0.363 e. The van der Waals surface area contributed by atoms with Crippen LogP contribution in [0.15, 0.2) is 12.5 Å². The lowest BCUT2D eigenvalue weighted by atomic mass is 10.1. The molecule has 2 aromatic rings. The number of carbonyl (C=O) groups excluding carboxylic acids is 1. The maximum Gasteiger partial charge on any atom is 0.288 e. The Labute approximate surface area is 130 Å². The summed E-state index contributed by atoms with van der Waals surface area (Å²) in [6.45, 7) is 2.72. The van der Waals surface area contributed by atoms with Gasteiger partial charge in [0, 0.05) is 24.2 Å². The zero-order valence-electron chi connectivity index (χ0n) is 11.3. The normalized spacial score (nSPS) is 19.8. The molecule has 1 saturated heterocycles. The van der Waals surface area contributed by atoms with Gasteiger partial charge in [-0.25, -0.2) is 14.6 Å². The van der Waals surface area contributed by atoms with Crippen LogP contribution < -0.4 is 5.73 Å². The molecule has 3 heterocycles. The van der Waals surface area contributed by atoms with E-state index in [2.05, 4.69) is 20.0 Å². The number of aromatic nitrogens is 4. The third kappa shape index (κ3) is 3.39. The van der Waals surface area contributed by atoms with Crippen molar-refractivity contribution >= 4 is 28.8 Å². The van der Waals surface area contributed by atoms with Gasteiger partial charge in [0.2, 0.25) is 5.82 Å². The molecule has 1 aliphatic rings. The van der Waals surface area contributed by atoms with Crippen LogP contribution in [0.2, 0.25) is 4.47 Å². The van der Waals surface area contributed by atoms with E-state index in [1.807, 2.05) is 6.20 Å². The standard InChI is InChI=1S/C12H15ClN6OS/c13-12-15-4-9(21-12)6-18-3-1-2-8(5-18)19-7-16-11(17-19)10(14)20/h4,7-8H,1-3,5-6H2,(H2,14,20)/t8-/m0/s1.